The predicted octanol–water partition coefficient (Wildman–Crippen LogP) is 3.62. The van der Waals surface area contributed by atoms with Gasteiger partial charge in [0.1, 0.15) is 12.2 Å². The lowest BCUT2D eigenvalue weighted by Gasteiger charge is -2.23. The number of carbonyl (C=O) groups excluding carboxylic acids is 1. The van der Waals surface area contributed by atoms with E-state index in [1.165, 1.54) is 0 Å². The first-order valence-electron chi connectivity index (χ1n) is 6.57. The zero-order valence-electron chi connectivity index (χ0n) is 11.9. The fourth-order valence-electron chi connectivity index (χ4n) is 1.52. The van der Waals surface area contributed by atoms with Crippen LogP contribution in [0.2, 0.25) is 0 Å². The molecule has 0 radical (unpaired) electrons. The minimum absolute atomic E-state index is 0.0882. The Morgan fingerprint density at radius 3 is 2.50 bits per heavy atom. The van der Waals surface area contributed by atoms with Crippen molar-refractivity contribution in [1.29, 1.82) is 0 Å². The molecule has 0 aliphatic rings. The Bertz CT molecular complexity index is 227. The van der Waals surface area contributed by atoms with Gasteiger partial charge in [-0.15, -0.1) is 0 Å². The van der Waals surface area contributed by atoms with E-state index in [9.17, 15) is 4.79 Å². The number of rotatable bonds is 9. The van der Waals surface area contributed by atoms with Gasteiger partial charge in [0.25, 0.3) is 0 Å². The van der Waals surface area contributed by atoms with Crippen molar-refractivity contribution in [2.75, 3.05) is 13.2 Å². The molecule has 0 fully saturated rings. The smallest absolute Gasteiger partial charge is 0.434 e. The van der Waals surface area contributed by atoms with Gasteiger partial charge in [0.2, 0.25) is 0 Å². The summed E-state index contributed by atoms with van der Waals surface area (Å²) < 4.78 is 10.1. The van der Waals surface area contributed by atoms with Crippen LogP contribution in [0.3, 0.4) is 0 Å². The fraction of sp³-hybridized carbons (Fsp3) is 0.923. The third-order valence-corrected chi connectivity index (χ3v) is 2.75. The van der Waals surface area contributed by atoms with E-state index < -0.39 is 11.8 Å². The van der Waals surface area contributed by atoms with Gasteiger partial charge in [0.05, 0.1) is 6.61 Å². The van der Waals surface area contributed by atoms with Crippen molar-refractivity contribution in [3.63, 3.8) is 0 Å². The summed E-state index contributed by atoms with van der Waals surface area (Å²) in [6, 6.07) is 0. The maximum absolute atomic E-state index is 11.4. The van der Waals surface area contributed by atoms with Gasteiger partial charge in [0.15, 0.2) is 0 Å². The van der Waals surface area contributed by atoms with E-state index in [1.54, 1.807) is 13.8 Å². The summed E-state index contributed by atoms with van der Waals surface area (Å²) in [5.74, 6) is 0.384. The molecule has 5 heteroatoms. The van der Waals surface area contributed by atoms with Crippen molar-refractivity contribution in [3.05, 3.63) is 0 Å². The first kappa shape index (κ1) is 17.2. The Hall–Kier alpha value is -0.810. The quantitative estimate of drug-likeness (QED) is 0.390. The molecule has 0 spiro atoms. The zero-order valence-corrected chi connectivity index (χ0v) is 11.9. The van der Waals surface area contributed by atoms with Gasteiger partial charge < -0.3 is 9.47 Å². The molecule has 0 saturated carbocycles. The van der Waals surface area contributed by atoms with Crippen LogP contribution >= 0.6 is 0 Å². The molecule has 1 atom stereocenters. The van der Waals surface area contributed by atoms with Crippen molar-refractivity contribution in [2.45, 2.75) is 59.0 Å². The van der Waals surface area contributed by atoms with Gasteiger partial charge in [0, 0.05) is 0 Å². The second kappa shape index (κ2) is 9.16. The molecule has 1 N–H and O–H groups in total. The largest absolute Gasteiger partial charge is 0.508 e. The van der Waals surface area contributed by atoms with Crippen LogP contribution in [0, 0.1) is 5.92 Å². The molecule has 0 amide bonds. The summed E-state index contributed by atoms with van der Waals surface area (Å²) in [5.41, 5.74) is -0.892. The molecular formula is C13H26O5. The molecule has 0 rings (SSSR count). The van der Waals surface area contributed by atoms with Crippen LogP contribution in [0.25, 0.3) is 0 Å². The summed E-state index contributed by atoms with van der Waals surface area (Å²) in [6.07, 6.45) is 3.61. The number of unbranched alkanes of at least 4 members (excludes halogenated alkanes) is 1. The highest BCUT2D eigenvalue weighted by molar-refractivity contribution is 5.60. The van der Waals surface area contributed by atoms with Crippen LogP contribution in [0.1, 0.15) is 53.4 Å². The molecule has 108 valence electrons. The Kier molecular flexibility index (Phi) is 8.75. The van der Waals surface area contributed by atoms with Gasteiger partial charge in [-0.25, -0.2) is 9.68 Å². The van der Waals surface area contributed by atoms with Crippen molar-refractivity contribution >= 4 is 6.16 Å². The van der Waals surface area contributed by atoms with Gasteiger partial charge >= 0.3 is 6.16 Å². The maximum atomic E-state index is 11.4. The second-order valence-corrected chi connectivity index (χ2v) is 5.11. The Morgan fingerprint density at radius 2 is 2.00 bits per heavy atom. The fourth-order valence-corrected chi connectivity index (χ4v) is 1.52. The van der Waals surface area contributed by atoms with Gasteiger partial charge in [-0.2, -0.15) is 0 Å². The van der Waals surface area contributed by atoms with Crippen molar-refractivity contribution in [2.24, 2.45) is 5.92 Å². The number of ether oxygens (including phenoxy) is 2. The Morgan fingerprint density at radius 1 is 1.33 bits per heavy atom. The van der Waals surface area contributed by atoms with Crippen molar-refractivity contribution in [1.82, 2.24) is 0 Å². The van der Waals surface area contributed by atoms with Crippen LogP contribution in [0.5, 0.6) is 0 Å². The van der Waals surface area contributed by atoms with Crippen LogP contribution in [-0.4, -0.2) is 30.2 Å². The monoisotopic (exact) mass is 262 g/mol. The molecule has 0 saturated heterocycles. The number of hydrogen-bond donors (Lipinski definition) is 1. The molecule has 0 aliphatic carbocycles. The molecule has 0 aromatic heterocycles. The zero-order chi connectivity index (χ0) is 14.0. The minimum atomic E-state index is -0.892. The van der Waals surface area contributed by atoms with Gasteiger partial charge in [-0.3, -0.25) is 5.26 Å². The van der Waals surface area contributed by atoms with E-state index in [0.717, 1.165) is 25.7 Å². The molecule has 18 heavy (non-hydrogen) atoms. The highest BCUT2D eigenvalue weighted by Crippen LogP contribution is 2.15. The van der Waals surface area contributed by atoms with Crippen LogP contribution in [0.4, 0.5) is 4.79 Å². The SMILES string of the molecule is CCCCC(CC)COC(=O)OC(C)(C)COO. The molecular weight excluding hydrogens is 236 g/mol. The number of hydrogen-bond acceptors (Lipinski definition) is 5. The predicted molar refractivity (Wildman–Crippen MR) is 68.4 cm³/mol. The second-order valence-electron chi connectivity index (χ2n) is 5.11. The average Bonchev–Trinajstić information content (AvgIpc) is 2.28. The third kappa shape index (κ3) is 8.31. The molecule has 0 aromatic rings. The highest BCUT2D eigenvalue weighted by atomic mass is 17.1. The van der Waals surface area contributed by atoms with Crippen LogP contribution in [-0.2, 0) is 14.4 Å². The molecule has 0 aromatic carbocycles. The molecule has 0 aliphatic heterocycles. The van der Waals surface area contributed by atoms with Gasteiger partial charge in [-0.1, -0.05) is 33.1 Å². The number of carbonyl (C=O) groups is 1. The minimum Gasteiger partial charge on any atom is -0.434 e. The first-order valence-corrected chi connectivity index (χ1v) is 6.57. The Balaban J connectivity index is 3.93. The summed E-state index contributed by atoms with van der Waals surface area (Å²) in [6.45, 7) is 7.79. The van der Waals surface area contributed by atoms with Gasteiger partial charge in [-0.05, 0) is 26.2 Å². The topological polar surface area (TPSA) is 65.0 Å². The average molecular weight is 262 g/mol. The molecule has 5 nitrogen and oxygen atoms in total. The Labute approximate surface area is 109 Å². The maximum Gasteiger partial charge on any atom is 0.508 e. The van der Waals surface area contributed by atoms with Crippen molar-refractivity contribution in [3.8, 4) is 0 Å². The summed E-state index contributed by atoms with van der Waals surface area (Å²) in [7, 11) is 0. The third-order valence-electron chi connectivity index (χ3n) is 2.75. The van der Waals surface area contributed by atoms with E-state index in [-0.39, 0.29) is 6.61 Å². The highest BCUT2D eigenvalue weighted by Gasteiger charge is 2.25. The molecule has 1 unspecified atom stereocenters. The van der Waals surface area contributed by atoms with Crippen LogP contribution in [0.15, 0.2) is 0 Å². The van der Waals surface area contributed by atoms with E-state index >= 15 is 0 Å². The van der Waals surface area contributed by atoms with E-state index in [1.807, 2.05) is 0 Å². The standard InChI is InChI=1S/C13H26O5/c1-5-7-8-11(6-2)9-16-12(14)18-13(3,4)10-17-15/h11,15H,5-10H2,1-4H3. The summed E-state index contributed by atoms with van der Waals surface area (Å²) >= 11 is 0. The molecule has 0 heterocycles. The lowest BCUT2D eigenvalue weighted by atomic mass is 10.0. The molecule has 0 bridgehead atoms. The van der Waals surface area contributed by atoms with Crippen molar-refractivity contribution < 1.29 is 24.4 Å². The first-order chi connectivity index (χ1) is 8.45. The summed E-state index contributed by atoms with van der Waals surface area (Å²) in [4.78, 5) is 15.4. The van der Waals surface area contributed by atoms with Crippen LogP contribution < -0.4 is 0 Å². The lowest BCUT2D eigenvalue weighted by molar-refractivity contribution is -0.269. The normalized spacial score (nSPS) is 13.2. The lowest BCUT2D eigenvalue weighted by Crippen LogP contribution is -2.33. The summed E-state index contributed by atoms with van der Waals surface area (Å²) in [5, 5.41) is 8.34. The van der Waals surface area contributed by atoms with E-state index in [2.05, 4.69) is 18.7 Å². The van der Waals surface area contributed by atoms with E-state index in [4.69, 9.17) is 14.7 Å². The van der Waals surface area contributed by atoms with E-state index in [0.29, 0.717) is 12.5 Å².